The second-order valence-corrected chi connectivity index (χ2v) is 9.97. The summed E-state index contributed by atoms with van der Waals surface area (Å²) in [5.41, 5.74) is 1.24. The van der Waals surface area contributed by atoms with E-state index in [9.17, 15) is 14.0 Å². The number of ether oxygens (including phenoxy) is 2. The number of likely N-dealkylation sites (tertiary alicyclic amines) is 1. The van der Waals surface area contributed by atoms with E-state index >= 15 is 0 Å². The number of carbonyl (C=O) groups excluding carboxylic acids is 2. The molecule has 0 aliphatic carbocycles. The highest BCUT2D eigenvalue weighted by Crippen LogP contribution is 2.34. The zero-order chi connectivity index (χ0) is 25.3. The van der Waals surface area contributed by atoms with Gasteiger partial charge in [0.05, 0.1) is 37.3 Å². The summed E-state index contributed by atoms with van der Waals surface area (Å²) < 4.78 is 25.9. The number of benzene rings is 1. The Balaban J connectivity index is 1.46. The standard InChI is InChI=1S/C25H30FN5O4/c1-15-11-30(20-9-8-18(27-5)22-16(20)7-6-10-28-22)14-21(34-15)23(32)29-19-13-31(12-17(19)26)24(33)35-25(2,3)4/h6-10,15,17,19,21H,11-14H2,1-4H3,(H,29,32)/t15-,17+,19?,21-/m1/s1. The molecule has 4 atom stereocenters. The minimum absolute atomic E-state index is 0.0300. The van der Waals surface area contributed by atoms with Crippen molar-refractivity contribution in [3.8, 4) is 0 Å². The Bertz CT molecular complexity index is 1160. The molecule has 3 heterocycles. The van der Waals surface area contributed by atoms with Crippen molar-refractivity contribution >= 4 is 34.3 Å². The Morgan fingerprint density at radius 2 is 2.00 bits per heavy atom. The normalized spacial score (nSPS) is 24.8. The third-order valence-electron chi connectivity index (χ3n) is 5.97. The summed E-state index contributed by atoms with van der Waals surface area (Å²) in [5.74, 6) is -0.430. The minimum Gasteiger partial charge on any atom is -0.444 e. The molecular formula is C25H30FN5O4. The topological polar surface area (TPSA) is 88.4 Å². The third kappa shape index (κ3) is 5.46. The Morgan fingerprint density at radius 1 is 1.23 bits per heavy atom. The maximum absolute atomic E-state index is 14.7. The van der Waals surface area contributed by atoms with Crippen LogP contribution in [0.5, 0.6) is 0 Å². The summed E-state index contributed by atoms with van der Waals surface area (Å²) in [6, 6.07) is 6.46. The molecule has 2 fully saturated rings. The van der Waals surface area contributed by atoms with Gasteiger partial charge >= 0.3 is 6.09 Å². The predicted octanol–water partition coefficient (Wildman–Crippen LogP) is 3.45. The molecule has 186 valence electrons. The van der Waals surface area contributed by atoms with Crippen LogP contribution in [0, 0.1) is 6.57 Å². The van der Waals surface area contributed by atoms with Crippen LogP contribution in [0.15, 0.2) is 30.5 Å². The molecule has 1 N–H and O–H groups in total. The molecule has 1 aromatic heterocycles. The molecule has 1 unspecified atom stereocenters. The van der Waals surface area contributed by atoms with Crippen molar-refractivity contribution in [2.75, 3.05) is 31.1 Å². The molecule has 0 radical (unpaired) electrons. The van der Waals surface area contributed by atoms with E-state index in [0.717, 1.165) is 11.1 Å². The van der Waals surface area contributed by atoms with E-state index in [2.05, 4.69) is 15.1 Å². The van der Waals surface area contributed by atoms with Crippen molar-refractivity contribution in [2.45, 2.75) is 57.7 Å². The average Bonchev–Trinajstić information content (AvgIpc) is 3.17. The van der Waals surface area contributed by atoms with E-state index in [1.807, 2.05) is 30.0 Å². The van der Waals surface area contributed by atoms with Crippen LogP contribution >= 0.6 is 0 Å². The van der Waals surface area contributed by atoms with E-state index in [1.54, 1.807) is 33.0 Å². The fourth-order valence-corrected chi connectivity index (χ4v) is 4.45. The summed E-state index contributed by atoms with van der Waals surface area (Å²) in [5, 5.41) is 3.55. The van der Waals surface area contributed by atoms with Gasteiger partial charge in [-0.25, -0.2) is 14.0 Å². The SMILES string of the molecule is [C-]#[N+]c1ccc(N2C[C@@H](C)O[C@@H](C(=O)NC3CN(C(=O)OC(C)(C)C)C[C@@H]3F)C2)c2cccnc12. The van der Waals surface area contributed by atoms with E-state index in [0.29, 0.717) is 17.7 Å². The summed E-state index contributed by atoms with van der Waals surface area (Å²) in [4.78, 5) is 36.6. The molecule has 2 saturated heterocycles. The van der Waals surface area contributed by atoms with Crippen LogP contribution in [0.4, 0.5) is 20.6 Å². The van der Waals surface area contributed by atoms with E-state index in [4.69, 9.17) is 16.0 Å². The molecule has 9 nitrogen and oxygen atoms in total. The number of pyridine rings is 1. The summed E-state index contributed by atoms with van der Waals surface area (Å²) in [6.07, 6.45) is -1.44. The number of hydrogen-bond donors (Lipinski definition) is 1. The second-order valence-electron chi connectivity index (χ2n) is 9.97. The van der Waals surface area contributed by atoms with Crippen molar-refractivity contribution in [2.24, 2.45) is 0 Å². The highest BCUT2D eigenvalue weighted by Gasteiger charge is 2.40. The van der Waals surface area contributed by atoms with E-state index in [1.165, 1.54) is 4.90 Å². The van der Waals surface area contributed by atoms with Crippen molar-refractivity contribution in [1.29, 1.82) is 0 Å². The van der Waals surface area contributed by atoms with Crippen LogP contribution in [0.25, 0.3) is 15.7 Å². The fourth-order valence-electron chi connectivity index (χ4n) is 4.45. The predicted molar refractivity (Wildman–Crippen MR) is 129 cm³/mol. The van der Waals surface area contributed by atoms with Gasteiger partial charge in [0, 0.05) is 30.4 Å². The van der Waals surface area contributed by atoms with Gasteiger partial charge in [0.2, 0.25) is 5.69 Å². The molecule has 2 amide bonds. The monoisotopic (exact) mass is 483 g/mol. The van der Waals surface area contributed by atoms with Gasteiger partial charge < -0.3 is 24.6 Å². The fraction of sp³-hybridized carbons (Fsp3) is 0.520. The number of fused-ring (bicyclic) bond motifs is 1. The van der Waals surface area contributed by atoms with Gasteiger partial charge in [0.15, 0.2) is 6.10 Å². The number of anilines is 1. The van der Waals surface area contributed by atoms with Gasteiger partial charge in [0.1, 0.15) is 11.8 Å². The van der Waals surface area contributed by atoms with Crippen LogP contribution in [-0.2, 0) is 14.3 Å². The molecule has 1 aromatic carbocycles. The highest BCUT2D eigenvalue weighted by atomic mass is 19.1. The Hall–Kier alpha value is -3.45. The van der Waals surface area contributed by atoms with Gasteiger partial charge in [-0.05, 0) is 39.8 Å². The third-order valence-corrected chi connectivity index (χ3v) is 5.97. The lowest BCUT2D eigenvalue weighted by atomic mass is 10.1. The van der Waals surface area contributed by atoms with Crippen LogP contribution in [0.2, 0.25) is 0 Å². The number of morpholine rings is 1. The van der Waals surface area contributed by atoms with Crippen LogP contribution in [0.1, 0.15) is 27.7 Å². The quantitative estimate of drug-likeness (QED) is 0.673. The zero-order valence-electron chi connectivity index (χ0n) is 20.3. The average molecular weight is 484 g/mol. The molecule has 0 spiro atoms. The van der Waals surface area contributed by atoms with Gasteiger partial charge in [-0.2, -0.15) is 0 Å². The lowest BCUT2D eigenvalue weighted by Gasteiger charge is -2.38. The lowest BCUT2D eigenvalue weighted by Crippen LogP contribution is -2.55. The second kappa shape index (κ2) is 9.66. The number of alkyl halides is 1. The van der Waals surface area contributed by atoms with Crippen molar-refractivity contribution < 1.29 is 23.5 Å². The molecule has 2 aliphatic heterocycles. The van der Waals surface area contributed by atoms with Crippen molar-refractivity contribution in [1.82, 2.24) is 15.2 Å². The number of carbonyl (C=O) groups is 2. The minimum atomic E-state index is -1.40. The van der Waals surface area contributed by atoms with Crippen LogP contribution in [-0.4, -0.2) is 78.1 Å². The molecule has 0 bridgehead atoms. The summed E-state index contributed by atoms with van der Waals surface area (Å²) in [7, 11) is 0. The maximum Gasteiger partial charge on any atom is 0.410 e. The highest BCUT2D eigenvalue weighted by molar-refractivity contribution is 6.00. The molecule has 0 saturated carbocycles. The molecular weight excluding hydrogens is 453 g/mol. The summed E-state index contributed by atoms with van der Waals surface area (Å²) >= 11 is 0. The smallest absolute Gasteiger partial charge is 0.410 e. The Labute approximate surface area is 204 Å². The van der Waals surface area contributed by atoms with Gasteiger partial charge in [-0.1, -0.05) is 12.1 Å². The lowest BCUT2D eigenvalue weighted by molar-refractivity contribution is -0.138. The zero-order valence-corrected chi connectivity index (χ0v) is 20.3. The number of amides is 2. The first kappa shape index (κ1) is 24.7. The number of halogens is 1. The summed E-state index contributed by atoms with van der Waals surface area (Å²) in [6.45, 7) is 15.2. The Kier molecular flexibility index (Phi) is 6.81. The van der Waals surface area contributed by atoms with Crippen molar-refractivity contribution in [3.63, 3.8) is 0 Å². The molecule has 2 aliphatic rings. The number of nitrogens with zero attached hydrogens (tertiary/aromatic N) is 4. The molecule has 2 aromatic rings. The van der Waals surface area contributed by atoms with Gasteiger partial charge in [-0.15, -0.1) is 0 Å². The molecule has 4 rings (SSSR count). The number of rotatable bonds is 3. The number of hydrogen-bond acceptors (Lipinski definition) is 6. The largest absolute Gasteiger partial charge is 0.444 e. The van der Waals surface area contributed by atoms with E-state index < -0.39 is 35.9 Å². The number of aromatic nitrogens is 1. The maximum atomic E-state index is 14.7. The van der Waals surface area contributed by atoms with Gasteiger partial charge in [0.25, 0.3) is 5.91 Å². The van der Waals surface area contributed by atoms with Crippen molar-refractivity contribution in [3.05, 3.63) is 41.9 Å². The Morgan fingerprint density at radius 3 is 2.71 bits per heavy atom. The number of nitrogens with one attached hydrogen (secondary N) is 1. The van der Waals surface area contributed by atoms with Crippen LogP contribution < -0.4 is 10.2 Å². The first-order valence-electron chi connectivity index (χ1n) is 11.6. The van der Waals surface area contributed by atoms with E-state index in [-0.39, 0.29) is 25.7 Å². The van der Waals surface area contributed by atoms with Crippen LogP contribution in [0.3, 0.4) is 0 Å². The molecule has 35 heavy (non-hydrogen) atoms. The molecule has 10 heteroatoms. The first-order valence-corrected chi connectivity index (χ1v) is 11.6. The van der Waals surface area contributed by atoms with Gasteiger partial charge in [-0.3, -0.25) is 9.78 Å². The first-order chi connectivity index (χ1) is 16.6.